The summed E-state index contributed by atoms with van der Waals surface area (Å²) in [5.74, 6) is 0.847. The molecule has 0 saturated heterocycles. The van der Waals surface area contributed by atoms with Gasteiger partial charge in [0.1, 0.15) is 12.4 Å². The van der Waals surface area contributed by atoms with Crippen molar-refractivity contribution in [3.8, 4) is 5.75 Å². The molecular formula is C15H24N2O2. The summed E-state index contributed by atoms with van der Waals surface area (Å²) in [5, 5.41) is 5.97. The smallest absolute Gasteiger partial charge is 0.234 e. The predicted octanol–water partition coefficient (Wildman–Crippen LogP) is 1.88. The molecule has 0 heterocycles. The van der Waals surface area contributed by atoms with E-state index in [-0.39, 0.29) is 5.91 Å². The van der Waals surface area contributed by atoms with E-state index in [0.29, 0.717) is 25.7 Å². The largest absolute Gasteiger partial charge is 0.492 e. The molecule has 1 amide bonds. The maximum Gasteiger partial charge on any atom is 0.234 e. The third kappa shape index (κ3) is 6.82. The SMILES string of the molecule is CCC(C)NCC(=O)NCCOc1cccc(C)c1. The molecule has 1 aromatic rings. The van der Waals surface area contributed by atoms with Gasteiger partial charge in [-0.2, -0.15) is 0 Å². The highest BCUT2D eigenvalue weighted by molar-refractivity contribution is 5.77. The summed E-state index contributed by atoms with van der Waals surface area (Å²) in [6, 6.07) is 8.24. The van der Waals surface area contributed by atoms with Crippen molar-refractivity contribution in [1.82, 2.24) is 10.6 Å². The number of hydrogen-bond donors (Lipinski definition) is 2. The van der Waals surface area contributed by atoms with Crippen molar-refractivity contribution in [3.05, 3.63) is 29.8 Å². The first-order valence-electron chi connectivity index (χ1n) is 6.81. The van der Waals surface area contributed by atoms with Gasteiger partial charge in [0, 0.05) is 6.04 Å². The van der Waals surface area contributed by atoms with Gasteiger partial charge in [-0.25, -0.2) is 0 Å². The fourth-order valence-electron chi connectivity index (χ4n) is 1.54. The Hall–Kier alpha value is -1.55. The second kappa shape index (κ2) is 8.53. The van der Waals surface area contributed by atoms with Crippen LogP contribution in [-0.4, -0.2) is 31.6 Å². The minimum absolute atomic E-state index is 0.00754. The first kappa shape index (κ1) is 15.5. The van der Waals surface area contributed by atoms with Crippen LogP contribution in [0.1, 0.15) is 25.8 Å². The van der Waals surface area contributed by atoms with Gasteiger partial charge in [-0.05, 0) is 38.0 Å². The maximum absolute atomic E-state index is 11.5. The molecule has 0 aliphatic rings. The Kier molecular flexibility index (Phi) is 6.97. The molecule has 1 unspecified atom stereocenters. The van der Waals surface area contributed by atoms with Gasteiger partial charge in [-0.3, -0.25) is 4.79 Å². The number of hydrogen-bond acceptors (Lipinski definition) is 3. The first-order valence-corrected chi connectivity index (χ1v) is 6.81. The number of amides is 1. The van der Waals surface area contributed by atoms with Gasteiger partial charge in [0.15, 0.2) is 0 Å². The van der Waals surface area contributed by atoms with Crippen molar-refractivity contribution in [2.75, 3.05) is 19.7 Å². The summed E-state index contributed by atoms with van der Waals surface area (Å²) in [6.45, 7) is 7.54. The molecule has 0 spiro atoms. The van der Waals surface area contributed by atoms with Gasteiger partial charge in [0.25, 0.3) is 0 Å². The Morgan fingerprint density at radius 2 is 2.21 bits per heavy atom. The summed E-state index contributed by atoms with van der Waals surface area (Å²) in [5.41, 5.74) is 1.17. The first-order chi connectivity index (χ1) is 9.11. The molecule has 0 fully saturated rings. The number of carbonyl (C=O) groups excluding carboxylic acids is 1. The normalized spacial score (nSPS) is 11.9. The van der Waals surface area contributed by atoms with Gasteiger partial charge in [0.2, 0.25) is 5.91 Å². The van der Waals surface area contributed by atoms with Gasteiger partial charge >= 0.3 is 0 Å². The Morgan fingerprint density at radius 1 is 1.42 bits per heavy atom. The monoisotopic (exact) mass is 264 g/mol. The van der Waals surface area contributed by atoms with Gasteiger partial charge in [-0.1, -0.05) is 19.1 Å². The van der Waals surface area contributed by atoms with Crippen molar-refractivity contribution >= 4 is 5.91 Å². The standard InChI is InChI=1S/C15H24N2O2/c1-4-13(3)17-11-15(18)16-8-9-19-14-7-5-6-12(2)10-14/h5-7,10,13,17H,4,8-9,11H2,1-3H3,(H,16,18). The van der Waals surface area contributed by atoms with Crippen molar-refractivity contribution in [1.29, 1.82) is 0 Å². The molecule has 0 bridgehead atoms. The Morgan fingerprint density at radius 3 is 2.89 bits per heavy atom. The molecule has 0 radical (unpaired) electrons. The lowest BCUT2D eigenvalue weighted by Gasteiger charge is -2.11. The van der Waals surface area contributed by atoms with Crippen LogP contribution in [0.5, 0.6) is 5.75 Å². The summed E-state index contributed by atoms with van der Waals surface area (Å²) in [6.07, 6.45) is 1.02. The van der Waals surface area contributed by atoms with E-state index in [1.54, 1.807) is 0 Å². The quantitative estimate of drug-likeness (QED) is 0.705. The van der Waals surface area contributed by atoms with Crippen LogP contribution in [0.2, 0.25) is 0 Å². The molecule has 0 saturated carbocycles. The number of rotatable bonds is 8. The predicted molar refractivity (Wildman–Crippen MR) is 77.4 cm³/mol. The summed E-state index contributed by atoms with van der Waals surface area (Å²) in [7, 11) is 0. The van der Waals surface area contributed by atoms with E-state index >= 15 is 0 Å². The molecule has 0 aromatic heterocycles. The number of aryl methyl sites for hydroxylation is 1. The van der Waals surface area contributed by atoms with Crippen molar-refractivity contribution in [2.24, 2.45) is 0 Å². The molecule has 19 heavy (non-hydrogen) atoms. The van der Waals surface area contributed by atoms with Gasteiger partial charge in [-0.15, -0.1) is 0 Å². The van der Waals surface area contributed by atoms with E-state index < -0.39 is 0 Å². The van der Waals surface area contributed by atoms with E-state index in [1.165, 1.54) is 5.56 Å². The van der Waals surface area contributed by atoms with Crippen LogP contribution in [0.3, 0.4) is 0 Å². The summed E-state index contributed by atoms with van der Waals surface area (Å²) in [4.78, 5) is 11.5. The van der Waals surface area contributed by atoms with Crippen LogP contribution >= 0.6 is 0 Å². The highest BCUT2D eigenvalue weighted by Gasteiger charge is 2.03. The van der Waals surface area contributed by atoms with E-state index in [1.807, 2.05) is 31.2 Å². The number of benzene rings is 1. The zero-order valence-corrected chi connectivity index (χ0v) is 12.0. The van der Waals surface area contributed by atoms with E-state index in [4.69, 9.17) is 4.74 Å². The molecule has 0 aliphatic heterocycles. The molecule has 2 N–H and O–H groups in total. The Balaban J connectivity index is 2.12. The molecule has 4 heteroatoms. The average Bonchev–Trinajstić information content (AvgIpc) is 2.41. The fraction of sp³-hybridized carbons (Fsp3) is 0.533. The molecule has 0 aliphatic carbocycles. The van der Waals surface area contributed by atoms with Crippen LogP contribution in [0, 0.1) is 6.92 Å². The maximum atomic E-state index is 11.5. The molecular weight excluding hydrogens is 240 g/mol. The Bertz CT molecular complexity index is 393. The van der Waals surface area contributed by atoms with Crippen LogP contribution in [0.4, 0.5) is 0 Å². The minimum atomic E-state index is 0.00754. The third-order valence-corrected chi connectivity index (χ3v) is 2.91. The van der Waals surface area contributed by atoms with Crippen LogP contribution in [-0.2, 0) is 4.79 Å². The molecule has 4 nitrogen and oxygen atoms in total. The zero-order valence-electron chi connectivity index (χ0n) is 12.0. The van der Waals surface area contributed by atoms with Gasteiger partial charge < -0.3 is 15.4 Å². The lowest BCUT2D eigenvalue weighted by molar-refractivity contribution is -0.120. The summed E-state index contributed by atoms with van der Waals surface area (Å²) < 4.78 is 5.55. The van der Waals surface area contributed by atoms with Gasteiger partial charge in [0.05, 0.1) is 13.1 Å². The number of nitrogens with one attached hydrogen (secondary N) is 2. The van der Waals surface area contributed by atoms with Crippen LogP contribution in [0.25, 0.3) is 0 Å². The zero-order chi connectivity index (χ0) is 14.1. The third-order valence-electron chi connectivity index (χ3n) is 2.91. The molecule has 1 aromatic carbocycles. The highest BCUT2D eigenvalue weighted by atomic mass is 16.5. The van der Waals surface area contributed by atoms with Crippen LogP contribution < -0.4 is 15.4 Å². The van der Waals surface area contributed by atoms with Crippen molar-refractivity contribution < 1.29 is 9.53 Å². The van der Waals surface area contributed by atoms with E-state index in [0.717, 1.165) is 12.2 Å². The lowest BCUT2D eigenvalue weighted by Crippen LogP contribution is -2.39. The second-order valence-corrected chi connectivity index (χ2v) is 4.71. The number of ether oxygens (including phenoxy) is 1. The fourth-order valence-corrected chi connectivity index (χ4v) is 1.54. The molecule has 1 rings (SSSR count). The number of carbonyl (C=O) groups is 1. The van der Waals surface area contributed by atoms with E-state index in [9.17, 15) is 4.79 Å². The van der Waals surface area contributed by atoms with Crippen molar-refractivity contribution in [2.45, 2.75) is 33.2 Å². The molecule has 106 valence electrons. The molecule has 1 atom stereocenters. The van der Waals surface area contributed by atoms with Crippen molar-refractivity contribution in [3.63, 3.8) is 0 Å². The minimum Gasteiger partial charge on any atom is -0.492 e. The summed E-state index contributed by atoms with van der Waals surface area (Å²) >= 11 is 0. The van der Waals surface area contributed by atoms with Crippen LogP contribution in [0.15, 0.2) is 24.3 Å². The topological polar surface area (TPSA) is 50.4 Å². The Labute approximate surface area is 115 Å². The van der Waals surface area contributed by atoms with E-state index in [2.05, 4.69) is 24.5 Å². The average molecular weight is 264 g/mol. The lowest BCUT2D eigenvalue weighted by atomic mass is 10.2. The highest BCUT2D eigenvalue weighted by Crippen LogP contribution is 2.11. The second-order valence-electron chi connectivity index (χ2n) is 4.71.